The smallest absolute Gasteiger partial charge is 0.238 e. The molecule has 160 valence electrons. The van der Waals surface area contributed by atoms with E-state index in [-0.39, 0.29) is 17.7 Å². The summed E-state index contributed by atoms with van der Waals surface area (Å²) in [5.41, 5.74) is 4.00. The summed E-state index contributed by atoms with van der Waals surface area (Å²) in [7, 11) is -3.81. The molecule has 4 rings (SSSR count). The zero-order valence-electron chi connectivity index (χ0n) is 16.8. The van der Waals surface area contributed by atoms with Gasteiger partial charge < -0.3 is 0 Å². The predicted molar refractivity (Wildman–Crippen MR) is 118 cm³/mol. The first kappa shape index (κ1) is 21.3. The van der Waals surface area contributed by atoms with Crippen LogP contribution in [0.5, 0.6) is 0 Å². The van der Waals surface area contributed by atoms with E-state index in [1.807, 2.05) is 42.5 Å². The van der Waals surface area contributed by atoms with Crippen LogP contribution in [-0.4, -0.2) is 26.8 Å². The van der Waals surface area contributed by atoms with Crippen molar-refractivity contribution < 1.29 is 17.2 Å². The standard InChI is InChI=1S/C24H22F2N2O2S/c25-15-24(16-26)13-21(17-4-6-19(7-5-17)23-3-1-2-12-28-23)22(14-24)18-8-10-20(11-9-18)31(27,29)30/h1-12H,13-16H2,(H2,27,29,30). The van der Waals surface area contributed by atoms with Gasteiger partial charge in [-0.3, -0.25) is 13.8 Å². The van der Waals surface area contributed by atoms with Crippen LogP contribution in [0.15, 0.2) is 77.8 Å². The normalized spacial score (nSPS) is 16.0. The van der Waals surface area contributed by atoms with Gasteiger partial charge in [-0.25, -0.2) is 13.6 Å². The number of hydrogen-bond donors (Lipinski definition) is 1. The van der Waals surface area contributed by atoms with Crippen molar-refractivity contribution in [2.45, 2.75) is 17.7 Å². The number of allylic oxidation sites excluding steroid dienone is 2. The van der Waals surface area contributed by atoms with Gasteiger partial charge in [0.05, 0.1) is 23.9 Å². The van der Waals surface area contributed by atoms with Gasteiger partial charge in [0, 0.05) is 17.2 Å². The third-order valence-electron chi connectivity index (χ3n) is 5.76. The molecule has 3 aromatic rings. The summed E-state index contributed by atoms with van der Waals surface area (Å²) in [6.45, 7) is -1.53. The number of sulfonamides is 1. The lowest BCUT2D eigenvalue weighted by atomic mass is 9.85. The van der Waals surface area contributed by atoms with E-state index in [2.05, 4.69) is 4.98 Å². The molecular formula is C24H22F2N2O2S. The Bertz CT molecular complexity index is 1200. The van der Waals surface area contributed by atoms with Gasteiger partial charge in [0.15, 0.2) is 0 Å². The molecule has 0 spiro atoms. The third kappa shape index (κ3) is 4.29. The Hall–Kier alpha value is -2.90. The Morgan fingerprint density at radius 1 is 0.806 bits per heavy atom. The van der Waals surface area contributed by atoms with Gasteiger partial charge in [-0.2, -0.15) is 0 Å². The van der Waals surface area contributed by atoms with Crippen molar-refractivity contribution in [3.8, 4) is 11.3 Å². The summed E-state index contributed by atoms with van der Waals surface area (Å²) in [6.07, 6.45) is 2.24. The first-order chi connectivity index (χ1) is 14.8. The molecule has 0 unspecified atom stereocenters. The van der Waals surface area contributed by atoms with Crippen LogP contribution in [0.1, 0.15) is 24.0 Å². The molecule has 0 saturated heterocycles. The molecule has 0 saturated carbocycles. The lowest BCUT2D eigenvalue weighted by Gasteiger charge is -2.22. The zero-order chi connectivity index (χ0) is 22.1. The van der Waals surface area contributed by atoms with Crippen LogP contribution in [0.4, 0.5) is 8.78 Å². The molecule has 1 aromatic heterocycles. The maximum Gasteiger partial charge on any atom is 0.238 e. The minimum Gasteiger partial charge on any atom is -0.256 e. The highest BCUT2D eigenvalue weighted by molar-refractivity contribution is 7.89. The maximum atomic E-state index is 13.9. The van der Waals surface area contributed by atoms with Crippen molar-refractivity contribution >= 4 is 21.2 Å². The lowest BCUT2D eigenvalue weighted by molar-refractivity contribution is 0.170. The van der Waals surface area contributed by atoms with Crippen LogP contribution in [0, 0.1) is 5.41 Å². The third-order valence-corrected chi connectivity index (χ3v) is 6.69. The van der Waals surface area contributed by atoms with Crippen LogP contribution < -0.4 is 5.14 Å². The molecule has 0 atom stereocenters. The zero-order valence-corrected chi connectivity index (χ0v) is 17.6. The Kier molecular flexibility index (Phi) is 5.73. The molecule has 31 heavy (non-hydrogen) atoms. The molecule has 0 amide bonds. The van der Waals surface area contributed by atoms with Crippen LogP contribution in [-0.2, 0) is 10.0 Å². The maximum absolute atomic E-state index is 13.9. The summed E-state index contributed by atoms with van der Waals surface area (Å²) in [5, 5.41) is 5.18. The van der Waals surface area contributed by atoms with E-state index in [9.17, 15) is 17.2 Å². The fourth-order valence-electron chi connectivity index (χ4n) is 4.02. The van der Waals surface area contributed by atoms with Crippen LogP contribution in [0.25, 0.3) is 22.4 Å². The van der Waals surface area contributed by atoms with Crippen molar-refractivity contribution in [2.75, 3.05) is 13.3 Å². The number of aromatic nitrogens is 1. The molecule has 2 aromatic carbocycles. The van der Waals surface area contributed by atoms with Gasteiger partial charge >= 0.3 is 0 Å². The van der Waals surface area contributed by atoms with E-state index in [4.69, 9.17) is 5.14 Å². The topological polar surface area (TPSA) is 73.1 Å². The van der Waals surface area contributed by atoms with Gasteiger partial charge in [0.1, 0.15) is 0 Å². The first-order valence-corrected chi connectivity index (χ1v) is 11.4. The predicted octanol–water partition coefficient (Wildman–Crippen LogP) is 5.03. The molecule has 0 fully saturated rings. The number of primary sulfonamides is 1. The number of pyridine rings is 1. The molecule has 1 heterocycles. The van der Waals surface area contributed by atoms with Crippen molar-refractivity contribution in [1.29, 1.82) is 0 Å². The Morgan fingerprint density at radius 3 is 1.77 bits per heavy atom. The number of rotatable bonds is 6. The van der Waals surface area contributed by atoms with Crippen LogP contribution in [0.2, 0.25) is 0 Å². The van der Waals surface area contributed by atoms with Crippen LogP contribution >= 0.6 is 0 Å². The summed E-state index contributed by atoms with van der Waals surface area (Å²) < 4.78 is 50.8. The highest BCUT2D eigenvalue weighted by atomic mass is 32.2. The van der Waals surface area contributed by atoms with E-state index in [0.29, 0.717) is 0 Å². The highest BCUT2D eigenvalue weighted by Crippen LogP contribution is 2.50. The number of halogens is 2. The Labute approximate surface area is 180 Å². The van der Waals surface area contributed by atoms with E-state index >= 15 is 0 Å². The quantitative estimate of drug-likeness (QED) is 0.585. The van der Waals surface area contributed by atoms with Crippen molar-refractivity contribution in [1.82, 2.24) is 4.98 Å². The molecule has 0 bridgehead atoms. The largest absolute Gasteiger partial charge is 0.256 e. The first-order valence-electron chi connectivity index (χ1n) is 9.84. The minimum absolute atomic E-state index is 0.00152. The van der Waals surface area contributed by atoms with Crippen molar-refractivity contribution in [3.63, 3.8) is 0 Å². The number of alkyl halides is 2. The highest BCUT2D eigenvalue weighted by Gasteiger charge is 2.40. The van der Waals surface area contributed by atoms with Crippen molar-refractivity contribution in [2.24, 2.45) is 10.6 Å². The second-order valence-electron chi connectivity index (χ2n) is 7.94. The lowest BCUT2D eigenvalue weighted by Crippen LogP contribution is -2.22. The number of nitrogens with zero attached hydrogens (tertiary/aromatic N) is 1. The van der Waals surface area contributed by atoms with Crippen LogP contribution in [0.3, 0.4) is 0 Å². The summed E-state index contributed by atoms with van der Waals surface area (Å²) >= 11 is 0. The molecule has 1 aliphatic rings. The summed E-state index contributed by atoms with van der Waals surface area (Å²) in [6, 6.07) is 19.6. The van der Waals surface area contributed by atoms with Gasteiger partial charge in [0.25, 0.3) is 0 Å². The summed E-state index contributed by atoms with van der Waals surface area (Å²) in [4.78, 5) is 4.34. The molecule has 0 aliphatic heterocycles. The van der Waals surface area contributed by atoms with E-state index in [1.54, 1.807) is 18.3 Å². The second-order valence-corrected chi connectivity index (χ2v) is 9.50. The summed E-state index contributed by atoms with van der Waals surface area (Å²) in [5.74, 6) is 0. The van der Waals surface area contributed by atoms with Gasteiger partial charge in [0.2, 0.25) is 10.0 Å². The SMILES string of the molecule is NS(=O)(=O)c1ccc(C2=C(c3ccc(-c4ccccn4)cc3)CC(CF)(CF)C2)cc1. The minimum atomic E-state index is -3.81. The fourth-order valence-corrected chi connectivity index (χ4v) is 4.54. The molecule has 2 N–H and O–H groups in total. The molecular weight excluding hydrogens is 418 g/mol. The second kappa shape index (κ2) is 8.32. The monoisotopic (exact) mass is 440 g/mol. The van der Waals surface area contributed by atoms with E-state index in [1.165, 1.54) is 12.1 Å². The van der Waals surface area contributed by atoms with E-state index < -0.39 is 28.8 Å². The molecule has 7 heteroatoms. The Morgan fingerprint density at radius 2 is 1.32 bits per heavy atom. The van der Waals surface area contributed by atoms with E-state index in [0.717, 1.165) is 33.5 Å². The molecule has 4 nitrogen and oxygen atoms in total. The van der Waals surface area contributed by atoms with Gasteiger partial charge in [-0.15, -0.1) is 0 Å². The average Bonchev–Trinajstić information content (AvgIpc) is 3.20. The average molecular weight is 441 g/mol. The number of hydrogen-bond acceptors (Lipinski definition) is 3. The molecule has 0 radical (unpaired) electrons. The van der Waals surface area contributed by atoms with Gasteiger partial charge in [-0.1, -0.05) is 42.5 Å². The van der Waals surface area contributed by atoms with Crippen molar-refractivity contribution in [3.05, 3.63) is 84.1 Å². The fraction of sp³-hybridized carbons (Fsp3) is 0.208. The molecule has 1 aliphatic carbocycles. The van der Waals surface area contributed by atoms with Gasteiger partial charge in [-0.05, 0) is 59.4 Å². The number of benzene rings is 2. The Balaban J connectivity index is 1.75. The number of nitrogens with two attached hydrogens (primary N) is 1.